The van der Waals surface area contributed by atoms with Gasteiger partial charge >= 0.3 is 0 Å². The number of rotatable bonds is 5. The maximum Gasteiger partial charge on any atom is 0.292 e. The molecular formula is C24H24N4O3. The summed E-state index contributed by atoms with van der Waals surface area (Å²) in [6.07, 6.45) is 4.22. The summed E-state index contributed by atoms with van der Waals surface area (Å²) in [5.41, 5.74) is 6.85. The van der Waals surface area contributed by atoms with Crippen LogP contribution in [0.25, 0.3) is 0 Å². The van der Waals surface area contributed by atoms with Gasteiger partial charge in [-0.05, 0) is 43.9 Å². The van der Waals surface area contributed by atoms with E-state index in [4.69, 9.17) is 4.42 Å². The fourth-order valence-electron chi connectivity index (χ4n) is 3.66. The normalized spacial score (nSPS) is 14.2. The van der Waals surface area contributed by atoms with Crippen LogP contribution in [-0.2, 0) is 17.6 Å². The first-order valence-corrected chi connectivity index (χ1v) is 10.3. The van der Waals surface area contributed by atoms with Gasteiger partial charge in [-0.2, -0.15) is 5.10 Å². The molecule has 4 rings (SSSR count). The Kier molecular flexibility index (Phi) is 5.93. The highest BCUT2D eigenvalue weighted by atomic mass is 16.4. The molecule has 31 heavy (non-hydrogen) atoms. The predicted molar refractivity (Wildman–Crippen MR) is 118 cm³/mol. The molecule has 1 aliphatic carbocycles. The van der Waals surface area contributed by atoms with Crippen LogP contribution in [0.4, 0.5) is 5.82 Å². The van der Waals surface area contributed by atoms with Crippen molar-refractivity contribution in [2.45, 2.75) is 39.5 Å². The zero-order valence-corrected chi connectivity index (χ0v) is 17.6. The number of hydrogen-bond donors (Lipinski definition) is 2. The molecule has 0 saturated carbocycles. The Labute approximate surface area is 180 Å². The zero-order valence-electron chi connectivity index (χ0n) is 17.6. The van der Waals surface area contributed by atoms with Crippen molar-refractivity contribution in [2.24, 2.45) is 5.10 Å². The summed E-state index contributed by atoms with van der Waals surface area (Å²) in [7, 11) is 0. The molecule has 2 heterocycles. The summed E-state index contributed by atoms with van der Waals surface area (Å²) in [6.45, 7) is 3.77. The molecule has 7 nitrogen and oxygen atoms in total. The average molecular weight is 416 g/mol. The van der Waals surface area contributed by atoms with E-state index in [9.17, 15) is 9.59 Å². The number of aromatic nitrogens is 1. The lowest BCUT2D eigenvalue weighted by molar-refractivity contribution is -0.120. The van der Waals surface area contributed by atoms with E-state index >= 15 is 0 Å². The number of fused-ring (bicyclic) bond motifs is 1. The number of hydrogen-bond acceptors (Lipinski definition) is 5. The first-order valence-electron chi connectivity index (χ1n) is 10.3. The van der Waals surface area contributed by atoms with Gasteiger partial charge in [0.2, 0.25) is 5.91 Å². The van der Waals surface area contributed by atoms with Crippen molar-refractivity contribution in [3.05, 3.63) is 82.4 Å². The number of furan rings is 1. The fraction of sp³-hybridized carbons (Fsp3) is 0.250. The summed E-state index contributed by atoms with van der Waals surface area (Å²) >= 11 is 0. The second-order valence-electron chi connectivity index (χ2n) is 7.64. The molecule has 3 aromatic rings. The van der Waals surface area contributed by atoms with Crippen LogP contribution in [-0.4, -0.2) is 22.5 Å². The molecule has 2 N–H and O–H groups in total. The highest BCUT2D eigenvalue weighted by molar-refractivity contribution is 6.09. The number of benzene rings is 1. The number of nitrogens with one attached hydrogen (secondary N) is 2. The lowest BCUT2D eigenvalue weighted by atomic mass is 9.93. The Hall–Kier alpha value is -3.74. The monoisotopic (exact) mass is 416 g/mol. The summed E-state index contributed by atoms with van der Waals surface area (Å²) in [5, 5.41) is 7.14. The Morgan fingerprint density at radius 3 is 2.65 bits per heavy atom. The number of aryl methyl sites for hydroxylation is 2. The van der Waals surface area contributed by atoms with E-state index in [1.54, 1.807) is 12.3 Å². The van der Waals surface area contributed by atoms with E-state index in [0.29, 0.717) is 12.2 Å². The number of carbonyl (C=O) groups excluding carboxylic acids is 2. The maximum absolute atomic E-state index is 12.8. The van der Waals surface area contributed by atoms with Crippen molar-refractivity contribution in [2.75, 3.05) is 5.32 Å². The van der Waals surface area contributed by atoms with Crippen LogP contribution in [0, 0.1) is 13.8 Å². The molecule has 0 fully saturated rings. The standard InChI is InChI=1S/C24H24N4O3/c1-15-11-12-20(25-14-15)26-24(30)23-16(2)22-18(9-6-10-19(22)31-23)27-28-21(29)13-17-7-4-3-5-8-17/h3-5,7-8,11-12,14H,6,9-10,13H2,1-2H3,(H,28,29)(H,25,26,30)/b27-18+. The number of nitrogens with zero attached hydrogens (tertiary/aromatic N) is 2. The van der Waals surface area contributed by atoms with Crippen LogP contribution in [0.3, 0.4) is 0 Å². The summed E-state index contributed by atoms with van der Waals surface area (Å²) in [4.78, 5) is 29.2. The van der Waals surface area contributed by atoms with Crippen LogP contribution >= 0.6 is 0 Å². The Morgan fingerprint density at radius 1 is 1.10 bits per heavy atom. The highest BCUT2D eigenvalue weighted by Gasteiger charge is 2.28. The molecule has 0 saturated heterocycles. The maximum atomic E-state index is 12.8. The SMILES string of the molecule is Cc1ccc(NC(=O)c2oc3c(c2C)/C(=N/NC(=O)Cc2ccccc2)CCC3)nc1. The van der Waals surface area contributed by atoms with Gasteiger partial charge in [0.05, 0.1) is 12.1 Å². The average Bonchev–Trinajstić information content (AvgIpc) is 3.12. The third-order valence-electron chi connectivity index (χ3n) is 5.21. The number of amides is 2. The van der Waals surface area contributed by atoms with Crippen LogP contribution in [0.2, 0.25) is 0 Å². The molecule has 0 atom stereocenters. The zero-order chi connectivity index (χ0) is 21.8. The molecular weight excluding hydrogens is 392 g/mol. The van der Waals surface area contributed by atoms with Gasteiger partial charge in [-0.15, -0.1) is 0 Å². The van der Waals surface area contributed by atoms with Gasteiger partial charge in [0.15, 0.2) is 5.76 Å². The number of anilines is 1. The van der Waals surface area contributed by atoms with Gasteiger partial charge in [-0.3, -0.25) is 9.59 Å². The van der Waals surface area contributed by atoms with Crippen molar-refractivity contribution >= 4 is 23.3 Å². The molecule has 2 aromatic heterocycles. The molecule has 0 unspecified atom stereocenters. The largest absolute Gasteiger partial charge is 0.455 e. The second-order valence-corrected chi connectivity index (χ2v) is 7.64. The minimum Gasteiger partial charge on any atom is -0.455 e. The minimum absolute atomic E-state index is 0.185. The van der Waals surface area contributed by atoms with Crippen molar-refractivity contribution in [1.82, 2.24) is 10.4 Å². The minimum atomic E-state index is -0.351. The topological polar surface area (TPSA) is 96.6 Å². The van der Waals surface area contributed by atoms with E-state index in [2.05, 4.69) is 20.8 Å². The van der Waals surface area contributed by atoms with Gasteiger partial charge in [-0.25, -0.2) is 10.4 Å². The first kappa shape index (κ1) is 20.5. The van der Waals surface area contributed by atoms with E-state index in [0.717, 1.165) is 46.6 Å². The van der Waals surface area contributed by atoms with E-state index in [1.807, 2.05) is 50.2 Å². The Balaban J connectivity index is 1.51. The van der Waals surface area contributed by atoms with Gasteiger partial charge in [-0.1, -0.05) is 36.4 Å². The summed E-state index contributed by atoms with van der Waals surface area (Å²) in [5.74, 6) is 0.900. The highest BCUT2D eigenvalue weighted by Crippen LogP contribution is 2.30. The van der Waals surface area contributed by atoms with Crippen molar-refractivity contribution < 1.29 is 14.0 Å². The summed E-state index contributed by atoms with van der Waals surface area (Å²) < 4.78 is 5.89. The molecule has 2 amide bonds. The lowest BCUT2D eigenvalue weighted by Crippen LogP contribution is -2.23. The van der Waals surface area contributed by atoms with Gasteiger partial charge in [0, 0.05) is 23.7 Å². The third-order valence-corrected chi connectivity index (χ3v) is 5.21. The van der Waals surface area contributed by atoms with Crippen molar-refractivity contribution in [3.63, 3.8) is 0 Å². The molecule has 158 valence electrons. The lowest BCUT2D eigenvalue weighted by Gasteiger charge is -2.13. The number of pyridine rings is 1. The van der Waals surface area contributed by atoms with Crippen LogP contribution in [0.15, 0.2) is 58.2 Å². The summed E-state index contributed by atoms with van der Waals surface area (Å²) in [6, 6.07) is 13.1. The van der Waals surface area contributed by atoms with Gasteiger partial charge in [0.1, 0.15) is 11.6 Å². The van der Waals surface area contributed by atoms with E-state index < -0.39 is 0 Å². The van der Waals surface area contributed by atoms with E-state index in [1.165, 1.54) is 0 Å². The third kappa shape index (κ3) is 4.71. The second kappa shape index (κ2) is 8.95. The van der Waals surface area contributed by atoms with Gasteiger partial charge < -0.3 is 9.73 Å². The van der Waals surface area contributed by atoms with Crippen LogP contribution < -0.4 is 10.7 Å². The van der Waals surface area contributed by atoms with E-state index in [-0.39, 0.29) is 24.0 Å². The quantitative estimate of drug-likeness (QED) is 0.616. The van der Waals surface area contributed by atoms with Crippen LogP contribution in [0.5, 0.6) is 0 Å². The Morgan fingerprint density at radius 2 is 1.90 bits per heavy atom. The first-order chi connectivity index (χ1) is 15.0. The molecule has 7 heteroatoms. The Bertz CT molecular complexity index is 1130. The number of carbonyl (C=O) groups is 2. The van der Waals surface area contributed by atoms with Gasteiger partial charge in [0.25, 0.3) is 5.91 Å². The number of hydrazone groups is 1. The van der Waals surface area contributed by atoms with Crippen molar-refractivity contribution in [1.29, 1.82) is 0 Å². The smallest absolute Gasteiger partial charge is 0.292 e. The molecule has 1 aromatic carbocycles. The van der Waals surface area contributed by atoms with Crippen molar-refractivity contribution in [3.8, 4) is 0 Å². The predicted octanol–water partition coefficient (Wildman–Crippen LogP) is 3.94. The molecule has 1 aliphatic rings. The molecule has 0 bridgehead atoms. The molecule has 0 aliphatic heterocycles. The van der Waals surface area contributed by atoms with Crippen LogP contribution in [0.1, 0.15) is 51.4 Å². The molecule has 0 radical (unpaired) electrons. The fourth-order valence-corrected chi connectivity index (χ4v) is 3.66. The molecule has 0 spiro atoms.